The minimum atomic E-state index is 0.0909. The van der Waals surface area contributed by atoms with Crippen LogP contribution in [-0.2, 0) is 4.79 Å². The van der Waals surface area contributed by atoms with Gasteiger partial charge in [0.1, 0.15) is 5.78 Å². The molecular formula is C10H16O. The van der Waals surface area contributed by atoms with Crippen LogP contribution in [0, 0.1) is 11.3 Å². The molecule has 1 nitrogen and oxygen atoms in total. The van der Waals surface area contributed by atoms with Crippen molar-refractivity contribution in [3.63, 3.8) is 0 Å². The van der Waals surface area contributed by atoms with E-state index in [0.717, 1.165) is 0 Å². The molecule has 1 rings (SSSR count). The molecule has 11 heavy (non-hydrogen) atoms. The van der Waals surface area contributed by atoms with Crippen LogP contribution in [0.15, 0.2) is 11.6 Å². The zero-order chi connectivity index (χ0) is 8.65. The molecule has 0 radical (unpaired) electrons. The van der Waals surface area contributed by atoms with Crippen molar-refractivity contribution in [3.05, 3.63) is 11.6 Å². The van der Waals surface area contributed by atoms with Crippen molar-refractivity contribution >= 4 is 5.78 Å². The standard InChI is InChI=1S/C10H16O/c1-7-5-10(3,4)6-9(11)8(7)2/h5,8H,6H2,1-4H3. The van der Waals surface area contributed by atoms with Gasteiger partial charge in [-0.25, -0.2) is 0 Å². The fourth-order valence-electron chi connectivity index (χ4n) is 1.65. The number of Topliss-reactive ketones (excluding diaryl/α,β-unsaturated/α-hetero) is 1. The Morgan fingerprint density at radius 1 is 1.55 bits per heavy atom. The van der Waals surface area contributed by atoms with Gasteiger partial charge in [-0.3, -0.25) is 4.79 Å². The highest BCUT2D eigenvalue weighted by molar-refractivity contribution is 5.85. The first-order valence-electron chi connectivity index (χ1n) is 4.14. The van der Waals surface area contributed by atoms with E-state index in [2.05, 4.69) is 19.9 Å². The lowest BCUT2D eigenvalue weighted by Crippen LogP contribution is -2.26. The van der Waals surface area contributed by atoms with Crippen molar-refractivity contribution in [3.8, 4) is 0 Å². The smallest absolute Gasteiger partial charge is 0.140 e. The van der Waals surface area contributed by atoms with Crippen molar-refractivity contribution in [2.75, 3.05) is 0 Å². The lowest BCUT2D eigenvalue weighted by atomic mass is 9.75. The van der Waals surface area contributed by atoms with Gasteiger partial charge in [0.2, 0.25) is 0 Å². The van der Waals surface area contributed by atoms with Crippen LogP contribution in [0.4, 0.5) is 0 Å². The number of hydrogen-bond acceptors (Lipinski definition) is 1. The SMILES string of the molecule is CC1=CC(C)(C)CC(=O)C1C. The zero-order valence-electron chi connectivity index (χ0n) is 7.77. The van der Waals surface area contributed by atoms with Crippen LogP contribution in [0.3, 0.4) is 0 Å². The third kappa shape index (κ3) is 1.70. The summed E-state index contributed by atoms with van der Waals surface area (Å²) in [6.45, 7) is 8.26. The van der Waals surface area contributed by atoms with Crippen LogP contribution in [-0.4, -0.2) is 5.78 Å². The molecule has 0 heterocycles. The second kappa shape index (κ2) is 2.47. The highest BCUT2D eigenvalue weighted by Gasteiger charge is 2.29. The van der Waals surface area contributed by atoms with Gasteiger partial charge in [-0.2, -0.15) is 0 Å². The third-order valence-electron chi connectivity index (χ3n) is 2.41. The van der Waals surface area contributed by atoms with Crippen molar-refractivity contribution in [2.24, 2.45) is 11.3 Å². The molecule has 0 amide bonds. The molecule has 0 saturated heterocycles. The maximum absolute atomic E-state index is 11.4. The van der Waals surface area contributed by atoms with Gasteiger partial charge in [-0.05, 0) is 12.3 Å². The molecule has 0 bridgehead atoms. The van der Waals surface area contributed by atoms with E-state index in [0.29, 0.717) is 12.2 Å². The second-order valence-corrected chi connectivity index (χ2v) is 4.24. The lowest BCUT2D eigenvalue weighted by molar-refractivity contribution is -0.123. The number of hydrogen-bond donors (Lipinski definition) is 0. The van der Waals surface area contributed by atoms with Crippen molar-refractivity contribution < 1.29 is 4.79 Å². The average Bonchev–Trinajstić information content (AvgIpc) is 1.81. The van der Waals surface area contributed by atoms with Crippen LogP contribution in [0.2, 0.25) is 0 Å². The van der Waals surface area contributed by atoms with Crippen LogP contribution < -0.4 is 0 Å². The molecule has 1 heteroatoms. The molecule has 1 aliphatic rings. The van der Waals surface area contributed by atoms with Gasteiger partial charge in [0.05, 0.1) is 0 Å². The Morgan fingerprint density at radius 2 is 2.09 bits per heavy atom. The van der Waals surface area contributed by atoms with Gasteiger partial charge in [-0.1, -0.05) is 32.4 Å². The van der Waals surface area contributed by atoms with Gasteiger partial charge in [0.15, 0.2) is 0 Å². The van der Waals surface area contributed by atoms with Crippen LogP contribution in [0.1, 0.15) is 34.1 Å². The fraction of sp³-hybridized carbons (Fsp3) is 0.700. The third-order valence-corrected chi connectivity index (χ3v) is 2.41. The number of carbonyl (C=O) groups is 1. The summed E-state index contributed by atoms with van der Waals surface area (Å²) in [5.41, 5.74) is 1.32. The summed E-state index contributed by atoms with van der Waals surface area (Å²) in [6.07, 6.45) is 2.92. The van der Waals surface area contributed by atoms with Crippen LogP contribution in [0.5, 0.6) is 0 Å². The Balaban J connectivity index is 2.94. The predicted octanol–water partition coefficient (Wildman–Crippen LogP) is 2.57. The molecule has 0 saturated carbocycles. The summed E-state index contributed by atoms with van der Waals surface area (Å²) in [7, 11) is 0. The summed E-state index contributed by atoms with van der Waals surface area (Å²) in [4.78, 5) is 11.4. The van der Waals surface area contributed by atoms with E-state index in [1.54, 1.807) is 0 Å². The fourth-order valence-corrected chi connectivity index (χ4v) is 1.65. The number of ketones is 1. The Morgan fingerprint density at radius 3 is 2.55 bits per heavy atom. The summed E-state index contributed by atoms with van der Waals surface area (Å²) < 4.78 is 0. The van der Waals surface area contributed by atoms with Gasteiger partial charge < -0.3 is 0 Å². The molecule has 0 aromatic heterocycles. The van der Waals surface area contributed by atoms with Crippen LogP contribution in [0.25, 0.3) is 0 Å². The molecule has 0 aromatic carbocycles. The van der Waals surface area contributed by atoms with Gasteiger partial charge in [0.25, 0.3) is 0 Å². The highest BCUT2D eigenvalue weighted by Crippen LogP contribution is 2.33. The molecule has 0 N–H and O–H groups in total. The molecule has 0 aliphatic heterocycles. The number of rotatable bonds is 0. The van der Waals surface area contributed by atoms with E-state index in [-0.39, 0.29) is 11.3 Å². The van der Waals surface area contributed by atoms with E-state index in [9.17, 15) is 4.79 Å². The van der Waals surface area contributed by atoms with E-state index < -0.39 is 0 Å². The first kappa shape index (κ1) is 8.51. The molecule has 0 spiro atoms. The second-order valence-electron chi connectivity index (χ2n) is 4.24. The summed E-state index contributed by atoms with van der Waals surface area (Å²) in [5.74, 6) is 0.540. The van der Waals surface area contributed by atoms with Gasteiger partial charge in [-0.15, -0.1) is 0 Å². The van der Waals surface area contributed by atoms with E-state index in [1.807, 2.05) is 13.8 Å². The first-order valence-corrected chi connectivity index (χ1v) is 4.14. The predicted molar refractivity (Wildman–Crippen MR) is 46.3 cm³/mol. The average molecular weight is 152 g/mol. The molecule has 62 valence electrons. The maximum atomic E-state index is 11.4. The Kier molecular flexibility index (Phi) is 1.91. The van der Waals surface area contributed by atoms with Crippen molar-refractivity contribution in [2.45, 2.75) is 34.1 Å². The summed E-state index contributed by atoms with van der Waals surface area (Å²) in [6, 6.07) is 0. The van der Waals surface area contributed by atoms with Crippen molar-refractivity contribution in [1.29, 1.82) is 0 Å². The monoisotopic (exact) mass is 152 g/mol. The lowest BCUT2D eigenvalue weighted by Gasteiger charge is -2.29. The maximum Gasteiger partial charge on any atom is 0.140 e. The first-order chi connectivity index (χ1) is 4.92. The molecule has 0 aromatic rings. The minimum absolute atomic E-state index is 0.0909. The Labute approximate surface area is 68.5 Å². The summed E-state index contributed by atoms with van der Waals surface area (Å²) >= 11 is 0. The largest absolute Gasteiger partial charge is 0.299 e. The number of carbonyl (C=O) groups excluding carboxylic acids is 1. The van der Waals surface area contributed by atoms with E-state index >= 15 is 0 Å². The zero-order valence-corrected chi connectivity index (χ0v) is 7.77. The molecule has 0 fully saturated rings. The van der Waals surface area contributed by atoms with Crippen molar-refractivity contribution in [1.82, 2.24) is 0 Å². The molecule has 1 atom stereocenters. The minimum Gasteiger partial charge on any atom is -0.299 e. The normalized spacial score (nSPS) is 30.0. The quantitative estimate of drug-likeness (QED) is 0.487. The molecule has 1 aliphatic carbocycles. The molecular weight excluding hydrogens is 136 g/mol. The number of allylic oxidation sites excluding steroid dienone is 2. The Bertz CT molecular complexity index is 211. The topological polar surface area (TPSA) is 17.1 Å². The molecule has 1 unspecified atom stereocenters. The van der Waals surface area contributed by atoms with Gasteiger partial charge >= 0.3 is 0 Å². The van der Waals surface area contributed by atoms with Crippen LogP contribution >= 0.6 is 0 Å². The van der Waals surface area contributed by atoms with Gasteiger partial charge in [0, 0.05) is 12.3 Å². The highest BCUT2D eigenvalue weighted by atomic mass is 16.1. The summed E-state index contributed by atoms with van der Waals surface area (Å²) in [5, 5.41) is 0. The Hall–Kier alpha value is -0.590. The van der Waals surface area contributed by atoms with E-state index in [1.165, 1.54) is 5.57 Å². The van der Waals surface area contributed by atoms with E-state index in [4.69, 9.17) is 0 Å².